The lowest BCUT2D eigenvalue weighted by Crippen LogP contribution is -2.78. The largest absolute Gasteiger partial charge is 0.522 e. The van der Waals surface area contributed by atoms with E-state index in [2.05, 4.69) is 19.6 Å². The Bertz CT molecular complexity index is 966. The molecular formula is C21H21ClF3N3O3. The third kappa shape index (κ3) is 4.01. The van der Waals surface area contributed by atoms with Gasteiger partial charge in [0.15, 0.2) is 6.61 Å². The van der Waals surface area contributed by atoms with Gasteiger partial charge in [-0.2, -0.15) is 0 Å². The fraction of sp³-hybridized carbons (Fsp3) is 0.524. The number of imidazole rings is 1. The van der Waals surface area contributed by atoms with E-state index in [1.54, 1.807) is 30.6 Å². The molecule has 0 radical (unpaired) electrons. The van der Waals surface area contributed by atoms with Gasteiger partial charge in [-0.15, -0.1) is 13.2 Å². The van der Waals surface area contributed by atoms with Crippen LogP contribution in [0.2, 0.25) is 5.02 Å². The van der Waals surface area contributed by atoms with Crippen molar-refractivity contribution in [3.63, 3.8) is 0 Å². The molecule has 4 fully saturated rings. The highest BCUT2D eigenvalue weighted by molar-refractivity contribution is 6.30. The molecule has 1 aromatic heterocycles. The Labute approximate surface area is 181 Å². The average Bonchev–Trinajstić information content (AvgIpc) is 3.07. The van der Waals surface area contributed by atoms with Crippen LogP contribution in [0.4, 0.5) is 13.2 Å². The average molecular weight is 456 g/mol. The van der Waals surface area contributed by atoms with Crippen molar-refractivity contribution in [1.29, 1.82) is 0 Å². The van der Waals surface area contributed by atoms with Crippen molar-refractivity contribution < 1.29 is 27.4 Å². The van der Waals surface area contributed by atoms with Crippen LogP contribution in [0.1, 0.15) is 43.7 Å². The van der Waals surface area contributed by atoms with Crippen molar-refractivity contribution >= 4 is 17.5 Å². The molecule has 4 aliphatic carbocycles. The second-order valence-electron chi connectivity index (χ2n) is 8.89. The van der Waals surface area contributed by atoms with Crippen LogP contribution in [0.3, 0.4) is 0 Å². The SMILES string of the molecule is O=C(COc1ccc(Cl)cc1)NC12CC(n3cnc(C4CC(OC(F)(F)F)C4)c3)(C1)C2. The molecule has 0 atom stereocenters. The number of nitrogens with one attached hydrogen (secondary N) is 1. The molecular weight excluding hydrogens is 435 g/mol. The van der Waals surface area contributed by atoms with E-state index in [0.717, 1.165) is 25.0 Å². The summed E-state index contributed by atoms with van der Waals surface area (Å²) in [5.74, 6) is 0.415. The molecule has 0 spiro atoms. The maximum absolute atomic E-state index is 12.3. The van der Waals surface area contributed by atoms with E-state index in [1.165, 1.54) is 0 Å². The lowest BCUT2D eigenvalue weighted by Gasteiger charge is -2.70. The zero-order valence-electron chi connectivity index (χ0n) is 16.5. The summed E-state index contributed by atoms with van der Waals surface area (Å²) in [5.41, 5.74) is 0.551. The van der Waals surface area contributed by atoms with Crippen molar-refractivity contribution in [1.82, 2.24) is 14.9 Å². The summed E-state index contributed by atoms with van der Waals surface area (Å²) in [7, 11) is 0. The fourth-order valence-corrected chi connectivity index (χ4v) is 5.18. The van der Waals surface area contributed by atoms with Crippen molar-refractivity contribution in [3.8, 4) is 5.75 Å². The van der Waals surface area contributed by atoms with Gasteiger partial charge in [0.2, 0.25) is 0 Å². The highest BCUT2D eigenvalue weighted by atomic mass is 35.5. The van der Waals surface area contributed by atoms with E-state index in [4.69, 9.17) is 16.3 Å². The summed E-state index contributed by atoms with van der Waals surface area (Å²) in [4.78, 5) is 16.7. The van der Waals surface area contributed by atoms with Gasteiger partial charge in [-0.25, -0.2) is 4.98 Å². The normalized spacial score (nSPS) is 31.2. The van der Waals surface area contributed by atoms with Gasteiger partial charge in [0.25, 0.3) is 5.91 Å². The van der Waals surface area contributed by atoms with E-state index in [9.17, 15) is 18.0 Å². The summed E-state index contributed by atoms with van der Waals surface area (Å²) in [6, 6.07) is 6.82. The van der Waals surface area contributed by atoms with E-state index in [0.29, 0.717) is 23.6 Å². The van der Waals surface area contributed by atoms with E-state index in [1.807, 2.05) is 6.20 Å². The number of benzene rings is 1. The molecule has 1 aromatic carbocycles. The molecule has 166 valence electrons. The van der Waals surface area contributed by atoms with Gasteiger partial charge in [0.1, 0.15) is 5.75 Å². The summed E-state index contributed by atoms with van der Waals surface area (Å²) >= 11 is 5.83. The molecule has 2 aromatic rings. The number of amides is 1. The highest BCUT2D eigenvalue weighted by Gasteiger charge is 2.69. The maximum atomic E-state index is 12.3. The molecule has 0 unspecified atom stereocenters. The lowest BCUT2D eigenvalue weighted by molar-refractivity contribution is -0.351. The Morgan fingerprint density at radius 3 is 2.55 bits per heavy atom. The standard InChI is InChI=1S/C21H21ClF3N3O3/c22-14-1-3-15(4-2-14)30-8-18(29)27-19-9-20(10-19,11-19)28-7-17(26-12-28)13-5-16(6-13)31-21(23,24)25/h1-4,7,12-13,16H,5-6,8-11H2,(H,27,29). The summed E-state index contributed by atoms with van der Waals surface area (Å²) in [6.07, 6.45) is 1.42. The molecule has 0 aliphatic heterocycles. The number of nitrogens with zero attached hydrogens (tertiary/aromatic N) is 2. The van der Waals surface area contributed by atoms with Gasteiger partial charge >= 0.3 is 6.36 Å². The van der Waals surface area contributed by atoms with Crippen molar-refractivity contribution in [2.75, 3.05) is 6.61 Å². The lowest BCUT2D eigenvalue weighted by atomic mass is 9.44. The summed E-state index contributed by atoms with van der Waals surface area (Å²) in [6.45, 7) is -0.0611. The smallest absolute Gasteiger partial charge is 0.484 e. The van der Waals surface area contributed by atoms with E-state index >= 15 is 0 Å². The molecule has 4 aliphatic rings. The van der Waals surface area contributed by atoms with E-state index in [-0.39, 0.29) is 29.5 Å². The quantitative estimate of drug-likeness (QED) is 0.681. The minimum atomic E-state index is -4.58. The topological polar surface area (TPSA) is 65.4 Å². The fourth-order valence-electron chi connectivity index (χ4n) is 5.05. The molecule has 10 heteroatoms. The molecule has 1 amide bonds. The number of carbonyl (C=O) groups excluding carboxylic acids is 1. The van der Waals surface area contributed by atoms with Crippen molar-refractivity contribution in [2.45, 2.75) is 61.6 Å². The third-order valence-electron chi connectivity index (χ3n) is 6.55. The number of ether oxygens (including phenoxy) is 2. The summed E-state index contributed by atoms with van der Waals surface area (Å²) in [5, 5.41) is 3.67. The summed E-state index contributed by atoms with van der Waals surface area (Å²) < 4.78 is 48.4. The number of halogens is 4. The number of hydrogen-bond donors (Lipinski definition) is 1. The van der Waals surface area contributed by atoms with Gasteiger partial charge in [0, 0.05) is 22.7 Å². The van der Waals surface area contributed by atoms with Crippen LogP contribution in [0.5, 0.6) is 5.75 Å². The van der Waals surface area contributed by atoms with E-state index < -0.39 is 12.5 Å². The Morgan fingerprint density at radius 2 is 1.90 bits per heavy atom. The minimum absolute atomic E-state index is 0.000343. The zero-order chi connectivity index (χ0) is 21.9. The molecule has 1 heterocycles. The van der Waals surface area contributed by atoms with Gasteiger partial charge in [-0.1, -0.05) is 11.6 Å². The van der Waals surface area contributed by atoms with Crippen LogP contribution in [0.25, 0.3) is 0 Å². The number of hydrogen-bond acceptors (Lipinski definition) is 4. The van der Waals surface area contributed by atoms with Gasteiger partial charge in [-0.05, 0) is 56.4 Å². The van der Waals surface area contributed by atoms with Crippen LogP contribution in [0.15, 0.2) is 36.8 Å². The Kier molecular flexibility index (Phi) is 4.75. The van der Waals surface area contributed by atoms with Crippen LogP contribution in [-0.2, 0) is 15.1 Å². The van der Waals surface area contributed by atoms with Crippen molar-refractivity contribution in [3.05, 3.63) is 47.5 Å². The number of rotatable bonds is 7. The third-order valence-corrected chi connectivity index (χ3v) is 6.81. The first kappa shape index (κ1) is 20.6. The van der Waals surface area contributed by atoms with Crippen LogP contribution < -0.4 is 10.1 Å². The molecule has 1 N–H and O–H groups in total. The Balaban J connectivity index is 1.08. The van der Waals surface area contributed by atoms with Gasteiger partial charge in [0.05, 0.1) is 23.7 Å². The predicted octanol–water partition coefficient (Wildman–Crippen LogP) is 4.15. The van der Waals surface area contributed by atoms with Crippen LogP contribution in [0, 0.1) is 0 Å². The molecule has 2 bridgehead atoms. The van der Waals surface area contributed by atoms with Crippen molar-refractivity contribution in [2.24, 2.45) is 0 Å². The highest BCUT2D eigenvalue weighted by Crippen LogP contribution is 2.65. The first-order chi connectivity index (χ1) is 14.6. The predicted molar refractivity (Wildman–Crippen MR) is 105 cm³/mol. The number of carbonyl (C=O) groups is 1. The molecule has 6 rings (SSSR count). The first-order valence-electron chi connectivity index (χ1n) is 10.1. The van der Waals surface area contributed by atoms with Crippen LogP contribution >= 0.6 is 11.6 Å². The maximum Gasteiger partial charge on any atom is 0.522 e. The molecule has 31 heavy (non-hydrogen) atoms. The second-order valence-corrected chi connectivity index (χ2v) is 9.32. The second kappa shape index (κ2) is 7.13. The minimum Gasteiger partial charge on any atom is -0.484 e. The molecule has 4 saturated carbocycles. The van der Waals surface area contributed by atoms with Gasteiger partial charge < -0.3 is 14.6 Å². The number of alkyl halides is 3. The molecule has 6 nitrogen and oxygen atoms in total. The Morgan fingerprint density at radius 1 is 1.23 bits per heavy atom. The van der Waals surface area contributed by atoms with Crippen LogP contribution in [-0.4, -0.2) is 40.1 Å². The molecule has 0 saturated heterocycles. The number of aromatic nitrogens is 2. The monoisotopic (exact) mass is 455 g/mol. The zero-order valence-corrected chi connectivity index (χ0v) is 17.2. The van der Waals surface area contributed by atoms with Gasteiger partial charge in [-0.3, -0.25) is 9.53 Å². The first-order valence-corrected chi connectivity index (χ1v) is 10.5. The Hall–Kier alpha value is -2.26.